The van der Waals surface area contributed by atoms with Crippen LogP contribution in [0.1, 0.15) is 76.7 Å². The average Bonchev–Trinajstić information content (AvgIpc) is 3.76. The Morgan fingerprint density at radius 1 is 0.845 bits per heavy atom. The molecule has 0 spiro atoms. The van der Waals surface area contributed by atoms with Gasteiger partial charge in [-0.3, -0.25) is 14.8 Å². The van der Waals surface area contributed by atoms with Crippen LogP contribution in [0.25, 0.3) is 44.3 Å². The van der Waals surface area contributed by atoms with Gasteiger partial charge in [0.25, 0.3) is 0 Å². The number of aromatic nitrogens is 5. The van der Waals surface area contributed by atoms with Crippen molar-refractivity contribution in [1.82, 2.24) is 35.1 Å². The van der Waals surface area contributed by atoms with E-state index in [0.717, 1.165) is 67.7 Å². The summed E-state index contributed by atoms with van der Waals surface area (Å²) in [7, 11) is -0.647. The number of aromatic amines is 1. The van der Waals surface area contributed by atoms with Crippen molar-refractivity contribution < 1.29 is 36.3 Å². The predicted octanol–water partition coefficient (Wildman–Crippen LogP) is 10.7. The van der Waals surface area contributed by atoms with Crippen LogP contribution in [0, 0.1) is 11.6 Å². The van der Waals surface area contributed by atoms with E-state index in [4.69, 9.17) is 26.1 Å². The summed E-state index contributed by atoms with van der Waals surface area (Å²) in [6.45, 7) is 15.8. The molecule has 2 amide bonds. The fraction of sp³-hybridized carbons (Fsp3) is 0.333. The molecule has 7 aromatic rings. The molecule has 71 heavy (non-hydrogen) atoms. The molecule has 0 saturated heterocycles. The molecule has 0 radical (unpaired) electrons. The van der Waals surface area contributed by atoms with E-state index in [1.165, 1.54) is 6.20 Å². The summed E-state index contributed by atoms with van der Waals surface area (Å²) in [5.74, 6) is -1.44. The zero-order chi connectivity index (χ0) is 51.5. The first-order valence-electron chi connectivity index (χ1n) is 23.1. The number of nitrogens with zero attached hydrogens (tertiary/aromatic N) is 5. The minimum atomic E-state index is -3.84. The number of fused-ring (bicyclic) bond motifs is 2. The molecular weight excluding hydrogens is 954 g/mol. The Labute approximate surface area is 417 Å². The van der Waals surface area contributed by atoms with E-state index in [1.807, 2.05) is 39.0 Å². The predicted molar refractivity (Wildman–Crippen MR) is 277 cm³/mol. The molecule has 16 nitrogen and oxygen atoms in total. The third kappa shape index (κ3) is 14.1. The summed E-state index contributed by atoms with van der Waals surface area (Å²) in [5.41, 5.74) is 2.01. The maximum Gasteiger partial charge on any atom is 0.320 e. The van der Waals surface area contributed by atoms with Crippen LogP contribution < -0.4 is 30.1 Å². The lowest BCUT2D eigenvalue weighted by molar-refractivity contribution is 0.103. The van der Waals surface area contributed by atoms with Crippen LogP contribution in [-0.4, -0.2) is 102 Å². The van der Waals surface area contributed by atoms with Gasteiger partial charge in [-0.05, 0) is 119 Å². The van der Waals surface area contributed by atoms with Crippen LogP contribution in [0.15, 0.2) is 85.3 Å². The number of carbonyl (C=O) groups excluding carboxylic acids is 2. The molecule has 4 aromatic heterocycles. The Hall–Kier alpha value is -6.96. The van der Waals surface area contributed by atoms with Gasteiger partial charge < -0.3 is 30.0 Å². The number of hydrogen-bond acceptors (Lipinski definition) is 12. The van der Waals surface area contributed by atoms with E-state index < -0.39 is 44.2 Å². The maximum atomic E-state index is 15.1. The van der Waals surface area contributed by atoms with Gasteiger partial charge >= 0.3 is 6.03 Å². The number of unbranched alkanes of at least 4 members (excludes halogenated alkanes) is 1. The second kappa shape index (κ2) is 23.8. The van der Waals surface area contributed by atoms with Crippen molar-refractivity contribution in [3.05, 3.63) is 113 Å². The third-order valence-electron chi connectivity index (χ3n) is 11.0. The van der Waals surface area contributed by atoms with Crippen molar-refractivity contribution >= 4 is 73.0 Å². The fourth-order valence-electron chi connectivity index (χ4n) is 7.46. The van der Waals surface area contributed by atoms with Gasteiger partial charge in [-0.2, -0.15) is 4.98 Å². The molecule has 4 heterocycles. The van der Waals surface area contributed by atoms with Crippen molar-refractivity contribution in [3.63, 3.8) is 0 Å². The lowest BCUT2D eigenvalue weighted by Crippen LogP contribution is -2.43. The molecule has 0 aliphatic rings. The van der Waals surface area contributed by atoms with E-state index in [1.54, 1.807) is 69.9 Å². The highest BCUT2D eigenvalue weighted by Crippen LogP contribution is 2.36. The van der Waals surface area contributed by atoms with E-state index in [9.17, 15) is 22.4 Å². The molecule has 20 heteroatoms. The zero-order valence-corrected chi connectivity index (χ0v) is 42.5. The summed E-state index contributed by atoms with van der Waals surface area (Å²) in [6.07, 6.45) is 7.08. The summed E-state index contributed by atoms with van der Waals surface area (Å²) < 4.78 is 66.7. The standard InChI is InChI=1S/C28H41N7O3.C23H18ClF2N3O3S/c1-8-35(9-2)13-11-10-12-29-26-30-18-20-16-23(19-14-21(37-6)17-22(15-19)38-7)25(31-24(20)32-26)33-27(36)34-28(3,4)5;1-2-9-33(31,32)29-19-8-7-18(25)20(21(19)26)22(30)17-12-28-23-16(17)10-14(11-27-23)13-3-5-15(24)6-4-13/h14-18H,8-13H2,1-7H3,(H3,29,30,31,32,33,34,36);3-8,10-12,29H,2,9H2,1H3,(H,27,28). The fourth-order valence-corrected chi connectivity index (χ4v) is 8.72. The van der Waals surface area contributed by atoms with Gasteiger partial charge in [-0.15, -0.1) is 0 Å². The van der Waals surface area contributed by atoms with Crippen LogP contribution in [-0.2, 0) is 10.0 Å². The molecule has 0 fully saturated rings. The number of carbonyl (C=O) groups is 2. The van der Waals surface area contributed by atoms with Gasteiger partial charge in [-0.25, -0.2) is 36.9 Å². The normalized spacial score (nSPS) is 11.5. The molecule has 0 bridgehead atoms. The number of benzene rings is 3. The van der Waals surface area contributed by atoms with Gasteiger partial charge in [0.05, 0.1) is 31.2 Å². The molecule has 3 aromatic carbocycles. The Kier molecular flexibility index (Phi) is 17.9. The highest BCUT2D eigenvalue weighted by molar-refractivity contribution is 7.92. The minimum absolute atomic E-state index is 0.000297. The van der Waals surface area contributed by atoms with Crippen molar-refractivity contribution in [2.24, 2.45) is 0 Å². The summed E-state index contributed by atoms with van der Waals surface area (Å²) in [6, 6.07) is 17.5. The second-order valence-electron chi connectivity index (χ2n) is 17.4. The third-order valence-corrected chi connectivity index (χ3v) is 12.8. The van der Waals surface area contributed by atoms with E-state index in [2.05, 4.69) is 59.4 Å². The maximum absolute atomic E-state index is 15.1. The van der Waals surface area contributed by atoms with Crippen LogP contribution >= 0.6 is 11.6 Å². The molecule has 5 N–H and O–H groups in total. The van der Waals surface area contributed by atoms with E-state index >= 15 is 4.39 Å². The number of urea groups is 1. The van der Waals surface area contributed by atoms with E-state index in [0.29, 0.717) is 62.5 Å². The Bertz CT molecular complexity index is 3090. The SMILES string of the molecule is CCCS(=O)(=O)Nc1ccc(F)c(C(=O)c2c[nH]c3ncc(-c4ccc(Cl)cc4)cc23)c1F.CCN(CC)CCCCNc1ncc2cc(-c3cc(OC)cc(OC)c3)c(NC(=O)NC(C)(C)C)nc2n1. The smallest absolute Gasteiger partial charge is 0.320 e. The molecule has 0 aliphatic heterocycles. The number of ketones is 1. The molecule has 376 valence electrons. The van der Waals surface area contributed by atoms with Gasteiger partial charge in [0.1, 0.15) is 28.8 Å². The van der Waals surface area contributed by atoms with Crippen LogP contribution in [0.4, 0.5) is 31.0 Å². The van der Waals surface area contributed by atoms with Gasteiger partial charge in [0.15, 0.2) is 11.5 Å². The lowest BCUT2D eigenvalue weighted by atomic mass is 10.00. The van der Waals surface area contributed by atoms with Crippen molar-refractivity contribution in [2.75, 3.05) is 61.5 Å². The highest BCUT2D eigenvalue weighted by Gasteiger charge is 2.26. The number of amides is 2. The summed E-state index contributed by atoms with van der Waals surface area (Å²) in [4.78, 5) is 49.3. The highest BCUT2D eigenvalue weighted by atomic mass is 35.5. The Balaban J connectivity index is 0.000000234. The molecule has 0 aliphatic carbocycles. The summed E-state index contributed by atoms with van der Waals surface area (Å²) >= 11 is 5.93. The van der Waals surface area contributed by atoms with Gasteiger partial charge in [0.2, 0.25) is 21.8 Å². The van der Waals surface area contributed by atoms with Crippen molar-refractivity contribution in [1.29, 1.82) is 0 Å². The molecule has 7 rings (SSSR count). The first kappa shape index (κ1) is 53.4. The van der Waals surface area contributed by atoms with Crippen LogP contribution in [0.2, 0.25) is 5.02 Å². The topological polar surface area (TPSA) is 205 Å². The number of methoxy groups -OCH3 is 2. The molecule has 0 unspecified atom stereocenters. The second-order valence-corrected chi connectivity index (χ2v) is 19.7. The van der Waals surface area contributed by atoms with Crippen molar-refractivity contribution in [2.45, 2.75) is 66.3 Å². The van der Waals surface area contributed by atoms with Crippen molar-refractivity contribution in [3.8, 4) is 33.8 Å². The molecule has 0 atom stereocenters. The number of anilines is 3. The zero-order valence-electron chi connectivity index (χ0n) is 41.0. The first-order chi connectivity index (χ1) is 33.8. The number of sulfonamides is 1. The van der Waals surface area contributed by atoms with E-state index in [-0.39, 0.29) is 17.3 Å². The van der Waals surface area contributed by atoms with Gasteiger partial charge in [0, 0.05) is 69.2 Å². The molecule has 0 saturated carbocycles. The number of ether oxygens (including phenoxy) is 2. The lowest BCUT2D eigenvalue weighted by Gasteiger charge is -2.21. The van der Waals surface area contributed by atoms with Crippen LogP contribution in [0.5, 0.6) is 11.5 Å². The van der Waals surface area contributed by atoms with Crippen LogP contribution in [0.3, 0.4) is 0 Å². The number of H-pyrrole nitrogens is 1. The van der Waals surface area contributed by atoms with Gasteiger partial charge in [-0.1, -0.05) is 44.5 Å². The number of halogens is 3. The first-order valence-corrected chi connectivity index (χ1v) is 25.1. The Morgan fingerprint density at radius 3 is 2.20 bits per heavy atom. The number of hydrogen-bond donors (Lipinski definition) is 5. The average molecular weight is 1010 g/mol. The Morgan fingerprint density at radius 2 is 1.55 bits per heavy atom. The monoisotopic (exact) mass is 1010 g/mol. The minimum Gasteiger partial charge on any atom is -0.497 e. The molecular formula is C51H59ClF2N10O6S. The largest absolute Gasteiger partial charge is 0.497 e. The quantitative estimate of drug-likeness (QED) is 0.0379. The number of nitrogens with one attached hydrogen (secondary N) is 5. The number of rotatable bonds is 19. The summed E-state index contributed by atoms with van der Waals surface area (Å²) in [5, 5.41) is 10.8. The number of pyridine rings is 2.